The highest BCUT2D eigenvalue weighted by Crippen LogP contribution is 2.26. The first-order valence-corrected chi connectivity index (χ1v) is 6.48. The molecule has 0 fully saturated rings. The Hall–Kier alpha value is -1.09. The van der Waals surface area contributed by atoms with Gasteiger partial charge in [-0.1, -0.05) is 34.8 Å². The second kappa shape index (κ2) is 5.49. The van der Waals surface area contributed by atoms with Gasteiger partial charge in [-0.2, -0.15) is 0 Å². The SMILES string of the molecule is Cc1cc(C(=O)c2cc(Cl)cc(Cl)c2)c(Cl)cc1F. The molecule has 0 heterocycles. The Morgan fingerprint density at radius 3 is 2.16 bits per heavy atom. The van der Waals surface area contributed by atoms with Gasteiger partial charge in [0.15, 0.2) is 5.78 Å². The van der Waals surface area contributed by atoms with Gasteiger partial charge in [-0.05, 0) is 42.8 Å². The van der Waals surface area contributed by atoms with E-state index in [1.165, 1.54) is 24.3 Å². The first-order chi connectivity index (χ1) is 8.88. The zero-order chi connectivity index (χ0) is 14.2. The van der Waals surface area contributed by atoms with Gasteiger partial charge in [0.25, 0.3) is 0 Å². The van der Waals surface area contributed by atoms with E-state index in [2.05, 4.69) is 0 Å². The van der Waals surface area contributed by atoms with Crippen molar-refractivity contribution in [1.29, 1.82) is 0 Å². The van der Waals surface area contributed by atoms with Crippen molar-refractivity contribution in [2.45, 2.75) is 6.92 Å². The van der Waals surface area contributed by atoms with Crippen LogP contribution < -0.4 is 0 Å². The third-order valence-electron chi connectivity index (χ3n) is 2.62. The predicted molar refractivity (Wildman–Crippen MR) is 76.0 cm³/mol. The fourth-order valence-corrected chi connectivity index (χ4v) is 2.43. The van der Waals surface area contributed by atoms with Crippen molar-refractivity contribution in [3.05, 3.63) is 67.9 Å². The summed E-state index contributed by atoms with van der Waals surface area (Å²) in [5, 5.41) is 0.765. The minimum atomic E-state index is -0.453. The fourth-order valence-electron chi connectivity index (χ4n) is 1.67. The van der Waals surface area contributed by atoms with Crippen LogP contribution in [0.5, 0.6) is 0 Å². The lowest BCUT2D eigenvalue weighted by molar-refractivity contribution is 0.103. The van der Waals surface area contributed by atoms with E-state index >= 15 is 0 Å². The monoisotopic (exact) mass is 316 g/mol. The van der Waals surface area contributed by atoms with Crippen LogP contribution in [0, 0.1) is 12.7 Å². The number of rotatable bonds is 2. The smallest absolute Gasteiger partial charge is 0.194 e. The Kier molecular flexibility index (Phi) is 4.14. The molecular weight excluding hydrogens is 310 g/mol. The normalized spacial score (nSPS) is 10.6. The van der Waals surface area contributed by atoms with Gasteiger partial charge in [0.05, 0.1) is 5.02 Å². The summed E-state index contributed by atoms with van der Waals surface area (Å²) in [6.07, 6.45) is 0. The molecule has 2 rings (SSSR count). The Balaban J connectivity index is 2.53. The summed E-state index contributed by atoms with van der Waals surface area (Å²) >= 11 is 17.6. The van der Waals surface area contributed by atoms with Gasteiger partial charge in [0.1, 0.15) is 5.82 Å². The lowest BCUT2D eigenvalue weighted by Gasteiger charge is -2.07. The van der Waals surface area contributed by atoms with Crippen LogP contribution in [-0.2, 0) is 0 Å². The van der Waals surface area contributed by atoms with Crippen LogP contribution in [0.1, 0.15) is 21.5 Å². The molecule has 0 aromatic heterocycles. The van der Waals surface area contributed by atoms with Crippen molar-refractivity contribution >= 4 is 40.6 Å². The predicted octanol–water partition coefficient (Wildman–Crippen LogP) is 5.33. The van der Waals surface area contributed by atoms with Crippen LogP contribution in [-0.4, -0.2) is 5.78 Å². The minimum absolute atomic E-state index is 0.0594. The quantitative estimate of drug-likeness (QED) is 0.685. The number of carbonyl (C=O) groups excluding carboxylic acids is 1. The lowest BCUT2D eigenvalue weighted by Crippen LogP contribution is -2.03. The number of benzene rings is 2. The van der Waals surface area contributed by atoms with Gasteiger partial charge in [0, 0.05) is 21.2 Å². The van der Waals surface area contributed by atoms with Gasteiger partial charge in [0.2, 0.25) is 0 Å². The molecule has 0 aliphatic carbocycles. The number of carbonyl (C=O) groups is 1. The van der Waals surface area contributed by atoms with E-state index in [-0.39, 0.29) is 16.4 Å². The number of ketones is 1. The molecule has 98 valence electrons. The average Bonchev–Trinajstić information content (AvgIpc) is 2.31. The number of aryl methyl sites for hydroxylation is 1. The van der Waals surface area contributed by atoms with E-state index in [9.17, 15) is 9.18 Å². The summed E-state index contributed by atoms with van der Waals surface area (Å²) in [5.74, 6) is -0.803. The summed E-state index contributed by atoms with van der Waals surface area (Å²) in [5.41, 5.74) is 0.880. The Bertz CT molecular complexity index is 648. The van der Waals surface area contributed by atoms with Crippen molar-refractivity contribution in [2.24, 2.45) is 0 Å². The molecule has 1 nitrogen and oxygen atoms in total. The maximum atomic E-state index is 13.3. The largest absolute Gasteiger partial charge is 0.289 e. The molecule has 0 saturated heterocycles. The van der Waals surface area contributed by atoms with Crippen molar-refractivity contribution < 1.29 is 9.18 Å². The summed E-state index contributed by atoms with van der Waals surface area (Å²) in [6.45, 7) is 1.56. The maximum absolute atomic E-state index is 13.3. The molecule has 0 spiro atoms. The van der Waals surface area contributed by atoms with Crippen molar-refractivity contribution in [3.63, 3.8) is 0 Å². The zero-order valence-electron chi connectivity index (χ0n) is 9.81. The van der Waals surface area contributed by atoms with Gasteiger partial charge in [-0.3, -0.25) is 4.79 Å². The molecule has 0 aliphatic rings. The number of halogens is 4. The highest BCUT2D eigenvalue weighted by Gasteiger charge is 2.16. The van der Waals surface area contributed by atoms with E-state index in [1.54, 1.807) is 6.92 Å². The molecule has 0 atom stereocenters. The molecule has 2 aromatic carbocycles. The molecule has 0 unspecified atom stereocenters. The Morgan fingerprint density at radius 1 is 1.00 bits per heavy atom. The minimum Gasteiger partial charge on any atom is -0.289 e. The Morgan fingerprint density at radius 2 is 1.58 bits per heavy atom. The molecule has 0 N–H and O–H groups in total. The number of hydrogen-bond acceptors (Lipinski definition) is 1. The summed E-state index contributed by atoms with van der Waals surface area (Å²) < 4.78 is 13.3. The van der Waals surface area contributed by atoms with Crippen LogP contribution in [0.3, 0.4) is 0 Å². The van der Waals surface area contributed by atoms with E-state index in [1.807, 2.05) is 0 Å². The second-order valence-electron chi connectivity index (χ2n) is 4.07. The molecule has 0 radical (unpaired) electrons. The van der Waals surface area contributed by atoms with Gasteiger partial charge in [-0.25, -0.2) is 4.39 Å². The van der Waals surface area contributed by atoms with E-state index in [4.69, 9.17) is 34.8 Å². The average molecular weight is 318 g/mol. The highest BCUT2D eigenvalue weighted by atomic mass is 35.5. The van der Waals surface area contributed by atoms with Crippen LogP contribution in [0.15, 0.2) is 30.3 Å². The molecule has 2 aromatic rings. The first-order valence-electron chi connectivity index (χ1n) is 5.35. The van der Waals surface area contributed by atoms with Crippen LogP contribution >= 0.6 is 34.8 Å². The molecule has 19 heavy (non-hydrogen) atoms. The maximum Gasteiger partial charge on any atom is 0.194 e. The topological polar surface area (TPSA) is 17.1 Å². The Labute approximate surface area is 124 Å². The molecule has 0 aliphatic heterocycles. The van der Waals surface area contributed by atoms with E-state index < -0.39 is 5.82 Å². The van der Waals surface area contributed by atoms with Gasteiger partial charge >= 0.3 is 0 Å². The van der Waals surface area contributed by atoms with Crippen molar-refractivity contribution in [3.8, 4) is 0 Å². The molecule has 0 saturated carbocycles. The van der Waals surface area contributed by atoms with E-state index in [0.29, 0.717) is 21.2 Å². The molecule has 5 heteroatoms. The fraction of sp³-hybridized carbons (Fsp3) is 0.0714. The second-order valence-corrected chi connectivity index (χ2v) is 5.35. The molecule has 0 amide bonds. The molecule has 0 bridgehead atoms. The van der Waals surface area contributed by atoms with Crippen LogP contribution in [0.4, 0.5) is 4.39 Å². The van der Waals surface area contributed by atoms with E-state index in [0.717, 1.165) is 6.07 Å². The van der Waals surface area contributed by atoms with Crippen molar-refractivity contribution in [1.82, 2.24) is 0 Å². The van der Waals surface area contributed by atoms with Crippen molar-refractivity contribution in [2.75, 3.05) is 0 Å². The van der Waals surface area contributed by atoms with Crippen LogP contribution in [0.2, 0.25) is 15.1 Å². The van der Waals surface area contributed by atoms with Gasteiger partial charge in [-0.15, -0.1) is 0 Å². The molecular formula is C14H8Cl3FO. The van der Waals surface area contributed by atoms with Crippen LogP contribution in [0.25, 0.3) is 0 Å². The summed E-state index contributed by atoms with van der Waals surface area (Å²) in [4.78, 5) is 12.3. The standard InChI is InChI=1S/C14H8Cl3FO/c1-7-2-11(12(17)6-13(7)18)14(19)8-3-9(15)5-10(16)4-8/h2-6H,1H3. The lowest BCUT2D eigenvalue weighted by atomic mass is 10.0. The third-order valence-corrected chi connectivity index (χ3v) is 3.37. The first kappa shape index (κ1) is 14.3. The summed E-state index contributed by atoms with van der Waals surface area (Å²) in [7, 11) is 0. The van der Waals surface area contributed by atoms with Gasteiger partial charge < -0.3 is 0 Å². The summed E-state index contributed by atoms with van der Waals surface area (Å²) in [6, 6.07) is 7.04. The highest BCUT2D eigenvalue weighted by molar-refractivity contribution is 6.37. The number of hydrogen-bond donors (Lipinski definition) is 0. The zero-order valence-corrected chi connectivity index (χ0v) is 12.1. The third kappa shape index (κ3) is 3.08.